The summed E-state index contributed by atoms with van der Waals surface area (Å²) < 4.78 is 30.2. The van der Waals surface area contributed by atoms with Crippen molar-refractivity contribution in [2.24, 2.45) is 35.3 Å². The van der Waals surface area contributed by atoms with E-state index in [1.165, 1.54) is 12.8 Å². The van der Waals surface area contributed by atoms with Crippen LogP contribution >= 0.6 is 0 Å². The summed E-state index contributed by atoms with van der Waals surface area (Å²) >= 11 is 0. The molecule has 2 aromatic rings. The van der Waals surface area contributed by atoms with Gasteiger partial charge in [0.1, 0.15) is 12.3 Å². The Morgan fingerprint density at radius 3 is 2.41 bits per heavy atom. The Morgan fingerprint density at radius 2 is 1.72 bits per heavy atom. The number of furan rings is 1. The van der Waals surface area contributed by atoms with Gasteiger partial charge >= 0.3 is 5.97 Å². The minimum Gasteiger partial charge on any atom is -0.460 e. The average Bonchev–Trinajstić information content (AvgIpc) is 3.87. The first kappa shape index (κ1) is 33.1. The summed E-state index contributed by atoms with van der Waals surface area (Å²) in [5, 5.41) is 0.759. The maximum atomic E-state index is 14.3. The number of halogens is 1. The van der Waals surface area contributed by atoms with Gasteiger partial charge in [0.2, 0.25) is 11.7 Å². The quantitative estimate of drug-likeness (QED) is 0.283. The van der Waals surface area contributed by atoms with Crippen molar-refractivity contribution in [1.29, 1.82) is 0 Å². The third-order valence-electron chi connectivity index (χ3n) is 11.7. The van der Waals surface area contributed by atoms with Gasteiger partial charge in [-0.15, -0.1) is 0 Å². The molecular formula is C37H51FN2O6. The van der Waals surface area contributed by atoms with Crippen molar-refractivity contribution in [2.75, 3.05) is 26.9 Å². The highest BCUT2D eigenvalue weighted by Crippen LogP contribution is 2.42. The minimum absolute atomic E-state index is 0.0666. The lowest BCUT2D eigenvalue weighted by molar-refractivity contribution is -0.143. The summed E-state index contributed by atoms with van der Waals surface area (Å²) in [6.45, 7) is 0.490. The van der Waals surface area contributed by atoms with Crippen molar-refractivity contribution in [2.45, 2.75) is 108 Å². The van der Waals surface area contributed by atoms with Crippen LogP contribution in [0.5, 0.6) is 0 Å². The molecule has 0 spiro atoms. The number of alkyl halides is 1. The van der Waals surface area contributed by atoms with Crippen LogP contribution in [0.15, 0.2) is 28.7 Å². The number of hydrogen-bond acceptors (Lipinski definition) is 7. The predicted molar refractivity (Wildman–Crippen MR) is 173 cm³/mol. The Hall–Kier alpha value is -2.78. The molecule has 3 saturated carbocycles. The molecule has 46 heavy (non-hydrogen) atoms. The molecule has 4 aliphatic rings. The van der Waals surface area contributed by atoms with Crippen LogP contribution in [0.3, 0.4) is 0 Å². The predicted octanol–water partition coefficient (Wildman–Crippen LogP) is 6.42. The van der Waals surface area contributed by atoms with Gasteiger partial charge < -0.3 is 24.5 Å². The van der Waals surface area contributed by atoms with Crippen molar-refractivity contribution in [3.63, 3.8) is 0 Å². The van der Waals surface area contributed by atoms with E-state index in [9.17, 15) is 18.8 Å². The number of carbonyl (C=O) groups is 3. The van der Waals surface area contributed by atoms with Crippen LogP contribution in [0.2, 0.25) is 0 Å². The number of fused-ring (bicyclic) bond motifs is 1. The van der Waals surface area contributed by atoms with E-state index >= 15 is 0 Å². The Morgan fingerprint density at radius 1 is 0.978 bits per heavy atom. The molecule has 0 bridgehead atoms. The van der Waals surface area contributed by atoms with Gasteiger partial charge in [0.15, 0.2) is 5.78 Å². The van der Waals surface area contributed by atoms with E-state index in [1.807, 2.05) is 23.1 Å². The highest BCUT2D eigenvalue weighted by atomic mass is 19.1. The van der Waals surface area contributed by atoms with Gasteiger partial charge in [-0.3, -0.25) is 9.59 Å². The number of esters is 1. The fraction of sp³-hybridized carbons (Fsp3) is 0.703. The smallest absolute Gasteiger partial charge is 0.374 e. The monoisotopic (exact) mass is 638 g/mol. The highest BCUT2D eigenvalue weighted by molar-refractivity contribution is 5.94. The zero-order chi connectivity index (χ0) is 32.2. The zero-order valence-corrected chi connectivity index (χ0v) is 27.3. The third kappa shape index (κ3) is 7.35. The average molecular weight is 639 g/mol. The number of benzene rings is 1. The van der Waals surface area contributed by atoms with E-state index in [2.05, 4.69) is 0 Å². The second-order valence-electron chi connectivity index (χ2n) is 14.5. The van der Waals surface area contributed by atoms with Gasteiger partial charge in [-0.05, 0) is 118 Å². The molecule has 4 fully saturated rings. The Kier molecular flexibility index (Phi) is 10.8. The number of Topliss-reactive ketones (excluding diaryl/α,β-unsaturated/α-hetero) is 1. The largest absolute Gasteiger partial charge is 0.460 e. The number of carbonyl (C=O) groups excluding carboxylic acids is 3. The lowest BCUT2D eigenvalue weighted by Gasteiger charge is -2.37. The number of nitrogens with zero attached hydrogens (tertiary/aromatic N) is 1. The van der Waals surface area contributed by atoms with Gasteiger partial charge in [0.25, 0.3) is 0 Å². The molecular weight excluding hydrogens is 587 g/mol. The van der Waals surface area contributed by atoms with E-state index in [0.29, 0.717) is 43.4 Å². The molecule has 0 unspecified atom stereocenters. The SMILES string of the molecule is COC1CCC([C@@H]2CCN(C(=O)C3CCC([C@H](N)CF)CC3)[C@@H]2C(=O)Cc2ccc3oc(C(=O)OCC4CCCC4)cc3c2)CC1. The minimum atomic E-state index is -0.532. The van der Waals surface area contributed by atoms with Crippen molar-refractivity contribution in [3.05, 3.63) is 35.6 Å². The normalized spacial score (nSPS) is 29.7. The molecule has 2 N–H and O–H groups in total. The van der Waals surface area contributed by atoms with Crippen molar-refractivity contribution >= 4 is 28.6 Å². The highest BCUT2D eigenvalue weighted by Gasteiger charge is 2.47. The molecule has 3 aliphatic carbocycles. The second kappa shape index (κ2) is 15.0. The van der Waals surface area contributed by atoms with Gasteiger partial charge in [-0.2, -0.15) is 0 Å². The van der Waals surface area contributed by atoms with E-state index in [0.717, 1.165) is 68.7 Å². The van der Waals surface area contributed by atoms with Crippen LogP contribution in [-0.2, 0) is 25.5 Å². The molecule has 1 saturated heterocycles. The summed E-state index contributed by atoms with van der Waals surface area (Å²) in [5.74, 6) is 0.778. The molecule has 1 aromatic carbocycles. The molecule has 6 rings (SSSR count). The molecule has 0 radical (unpaired) electrons. The summed E-state index contributed by atoms with van der Waals surface area (Å²) in [6, 6.07) is 6.40. The molecule has 1 aromatic heterocycles. The number of methoxy groups -OCH3 is 1. The molecule has 2 heterocycles. The second-order valence-corrected chi connectivity index (χ2v) is 14.5. The van der Waals surface area contributed by atoms with Gasteiger partial charge in [0, 0.05) is 37.4 Å². The Labute approximate surface area is 271 Å². The number of hydrogen-bond donors (Lipinski definition) is 1. The first-order chi connectivity index (χ1) is 22.3. The van der Waals surface area contributed by atoms with Gasteiger partial charge in [-0.1, -0.05) is 18.9 Å². The molecule has 1 aliphatic heterocycles. The van der Waals surface area contributed by atoms with Crippen LogP contribution in [0.1, 0.15) is 99.6 Å². The molecule has 8 nitrogen and oxygen atoms in total. The van der Waals surface area contributed by atoms with Crippen molar-refractivity contribution in [1.82, 2.24) is 4.90 Å². The van der Waals surface area contributed by atoms with E-state index < -0.39 is 24.7 Å². The van der Waals surface area contributed by atoms with Crippen LogP contribution in [-0.4, -0.2) is 67.7 Å². The van der Waals surface area contributed by atoms with Crippen LogP contribution < -0.4 is 5.73 Å². The summed E-state index contributed by atoms with van der Waals surface area (Å²) in [4.78, 5) is 42.8. The van der Waals surface area contributed by atoms with Crippen LogP contribution in [0.4, 0.5) is 4.39 Å². The number of ketones is 1. The van der Waals surface area contributed by atoms with E-state index in [-0.39, 0.29) is 47.7 Å². The first-order valence-corrected chi connectivity index (χ1v) is 17.7. The number of amides is 1. The Bertz CT molecular complexity index is 1350. The summed E-state index contributed by atoms with van der Waals surface area (Å²) in [6.07, 6.45) is 12.7. The van der Waals surface area contributed by atoms with Gasteiger partial charge in [-0.25, -0.2) is 9.18 Å². The number of ether oxygens (including phenoxy) is 2. The summed E-state index contributed by atoms with van der Waals surface area (Å²) in [7, 11) is 1.77. The zero-order valence-electron chi connectivity index (χ0n) is 27.3. The third-order valence-corrected chi connectivity index (χ3v) is 11.7. The van der Waals surface area contributed by atoms with E-state index in [4.69, 9.17) is 19.6 Å². The van der Waals surface area contributed by atoms with Crippen LogP contribution in [0, 0.1) is 29.6 Å². The van der Waals surface area contributed by atoms with Crippen molar-refractivity contribution < 1.29 is 32.7 Å². The number of rotatable bonds is 11. The lowest BCUT2D eigenvalue weighted by atomic mass is 9.74. The van der Waals surface area contributed by atoms with Crippen LogP contribution in [0.25, 0.3) is 11.0 Å². The standard InChI is InChI=1S/C37H51FN2O6/c1-44-29-13-11-25(12-14-29)30-16-17-40(36(42)27-9-7-26(8-10-27)31(39)21-38)35(30)32(41)19-24-6-15-33-28(18-24)20-34(46-33)37(43)45-22-23-4-2-3-5-23/h6,15,18,20,23,25-27,29-31,35H,2-5,7-14,16-17,19,21-22,39H2,1H3/t25?,26?,27?,29?,30-,31+,35-/m0/s1. The molecule has 1 amide bonds. The fourth-order valence-corrected chi connectivity index (χ4v) is 8.93. The molecule has 252 valence electrons. The summed E-state index contributed by atoms with van der Waals surface area (Å²) in [5.41, 5.74) is 7.40. The Balaban J connectivity index is 1.15. The number of likely N-dealkylation sites (tertiary alicyclic amines) is 1. The first-order valence-electron chi connectivity index (χ1n) is 17.7. The van der Waals surface area contributed by atoms with Gasteiger partial charge in [0.05, 0.1) is 18.8 Å². The van der Waals surface area contributed by atoms with Crippen molar-refractivity contribution in [3.8, 4) is 0 Å². The molecule has 9 heteroatoms. The van der Waals surface area contributed by atoms with E-state index in [1.54, 1.807) is 13.2 Å². The topological polar surface area (TPSA) is 112 Å². The number of nitrogens with two attached hydrogens (primary N) is 1. The lowest BCUT2D eigenvalue weighted by Crippen LogP contribution is -2.48. The fourth-order valence-electron chi connectivity index (χ4n) is 8.93. The maximum Gasteiger partial charge on any atom is 0.374 e. The maximum absolute atomic E-state index is 14.3. The molecule has 3 atom stereocenters.